The SMILES string of the molecule is CC(Cc1cc(C(=O)O)on1)C1CC1. The summed E-state index contributed by atoms with van der Waals surface area (Å²) in [7, 11) is 0. The van der Waals surface area contributed by atoms with Crippen LogP contribution in [0.15, 0.2) is 10.6 Å². The van der Waals surface area contributed by atoms with E-state index < -0.39 is 5.97 Å². The van der Waals surface area contributed by atoms with Crippen molar-refractivity contribution in [3.8, 4) is 0 Å². The second-order valence-electron chi connectivity index (χ2n) is 4.01. The van der Waals surface area contributed by atoms with Gasteiger partial charge in [-0.05, 0) is 31.1 Å². The Bertz CT molecular complexity index is 341. The topological polar surface area (TPSA) is 63.3 Å². The number of carbonyl (C=O) groups is 1. The zero-order chi connectivity index (χ0) is 10.1. The van der Waals surface area contributed by atoms with Crippen LogP contribution >= 0.6 is 0 Å². The van der Waals surface area contributed by atoms with Gasteiger partial charge in [-0.15, -0.1) is 0 Å². The monoisotopic (exact) mass is 195 g/mol. The molecule has 1 unspecified atom stereocenters. The molecule has 0 amide bonds. The van der Waals surface area contributed by atoms with Gasteiger partial charge < -0.3 is 9.63 Å². The summed E-state index contributed by atoms with van der Waals surface area (Å²) in [5, 5.41) is 12.4. The second-order valence-corrected chi connectivity index (χ2v) is 4.01. The Morgan fingerprint density at radius 2 is 2.50 bits per heavy atom. The Labute approximate surface area is 81.9 Å². The molecule has 1 aromatic heterocycles. The van der Waals surface area contributed by atoms with E-state index in [9.17, 15) is 4.79 Å². The molecule has 14 heavy (non-hydrogen) atoms. The number of carboxylic acid groups (broad SMARTS) is 1. The van der Waals surface area contributed by atoms with Crippen molar-refractivity contribution in [3.63, 3.8) is 0 Å². The molecule has 0 spiro atoms. The van der Waals surface area contributed by atoms with Gasteiger partial charge in [-0.1, -0.05) is 12.1 Å². The van der Waals surface area contributed by atoms with Crippen molar-refractivity contribution in [1.82, 2.24) is 5.16 Å². The predicted octanol–water partition coefficient (Wildman–Crippen LogP) is 1.96. The van der Waals surface area contributed by atoms with Gasteiger partial charge in [0.1, 0.15) is 0 Å². The second kappa shape index (κ2) is 3.44. The maximum atomic E-state index is 10.5. The highest BCUT2D eigenvalue weighted by Crippen LogP contribution is 2.37. The highest BCUT2D eigenvalue weighted by Gasteiger charge is 2.28. The molecule has 1 fully saturated rings. The van der Waals surface area contributed by atoms with Crippen LogP contribution in [-0.4, -0.2) is 16.2 Å². The molecule has 0 saturated heterocycles. The number of carboxylic acids is 1. The summed E-state index contributed by atoms with van der Waals surface area (Å²) in [5.74, 6) is 0.271. The van der Waals surface area contributed by atoms with Crippen LogP contribution < -0.4 is 0 Å². The van der Waals surface area contributed by atoms with Crippen molar-refractivity contribution in [2.75, 3.05) is 0 Å². The van der Waals surface area contributed by atoms with Crippen LogP contribution in [0.3, 0.4) is 0 Å². The normalized spacial score (nSPS) is 18.1. The summed E-state index contributed by atoms with van der Waals surface area (Å²) in [6.45, 7) is 2.17. The Morgan fingerprint density at radius 1 is 1.79 bits per heavy atom. The van der Waals surface area contributed by atoms with Crippen molar-refractivity contribution in [2.24, 2.45) is 11.8 Å². The predicted molar refractivity (Wildman–Crippen MR) is 49.1 cm³/mol. The van der Waals surface area contributed by atoms with E-state index in [2.05, 4.69) is 16.6 Å². The van der Waals surface area contributed by atoms with Crippen LogP contribution in [0.2, 0.25) is 0 Å². The average Bonchev–Trinajstić information content (AvgIpc) is 2.87. The third kappa shape index (κ3) is 1.95. The molecule has 0 radical (unpaired) electrons. The standard InChI is InChI=1S/C10H13NO3/c1-6(7-2-3-7)4-8-5-9(10(12)13)14-11-8/h5-7H,2-4H2,1H3,(H,12,13). The van der Waals surface area contributed by atoms with Gasteiger partial charge in [0.05, 0.1) is 5.69 Å². The zero-order valence-corrected chi connectivity index (χ0v) is 8.06. The van der Waals surface area contributed by atoms with Gasteiger partial charge in [0.25, 0.3) is 0 Å². The molecule has 1 N–H and O–H groups in total. The molecule has 1 aromatic rings. The summed E-state index contributed by atoms with van der Waals surface area (Å²) in [6, 6.07) is 1.52. The van der Waals surface area contributed by atoms with Crippen molar-refractivity contribution < 1.29 is 14.4 Å². The first kappa shape index (κ1) is 9.24. The molecule has 1 heterocycles. The Hall–Kier alpha value is -1.32. The smallest absolute Gasteiger partial charge is 0.374 e. The van der Waals surface area contributed by atoms with E-state index in [0.29, 0.717) is 5.92 Å². The third-order valence-corrected chi connectivity index (χ3v) is 2.73. The lowest BCUT2D eigenvalue weighted by Gasteiger charge is -2.05. The highest BCUT2D eigenvalue weighted by molar-refractivity contribution is 5.84. The highest BCUT2D eigenvalue weighted by atomic mass is 16.5. The Kier molecular flexibility index (Phi) is 2.27. The molecule has 1 saturated carbocycles. The van der Waals surface area contributed by atoms with Gasteiger partial charge in [0.2, 0.25) is 5.76 Å². The lowest BCUT2D eigenvalue weighted by Crippen LogP contribution is -2.01. The largest absolute Gasteiger partial charge is 0.475 e. The van der Waals surface area contributed by atoms with Crippen LogP contribution in [0.25, 0.3) is 0 Å². The summed E-state index contributed by atoms with van der Waals surface area (Å²) in [4.78, 5) is 10.5. The minimum Gasteiger partial charge on any atom is -0.475 e. The summed E-state index contributed by atoms with van der Waals surface area (Å²) < 4.78 is 4.68. The molecule has 1 aliphatic carbocycles. The van der Waals surface area contributed by atoms with Gasteiger partial charge in [-0.2, -0.15) is 0 Å². The van der Waals surface area contributed by atoms with Gasteiger partial charge in [0, 0.05) is 6.07 Å². The van der Waals surface area contributed by atoms with E-state index in [1.807, 2.05) is 0 Å². The van der Waals surface area contributed by atoms with E-state index >= 15 is 0 Å². The number of rotatable bonds is 4. The van der Waals surface area contributed by atoms with E-state index in [-0.39, 0.29) is 5.76 Å². The maximum absolute atomic E-state index is 10.5. The van der Waals surface area contributed by atoms with Gasteiger partial charge in [0.15, 0.2) is 0 Å². The molecular weight excluding hydrogens is 182 g/mol. The van der Waals surface area contributed by atoms with Crippen molar-refractivity contribution in [3.05, 3.63) is 17.5 Å². The summed E-state index contributed by atoms with van der Waals surface area (Å²) >= 11 is 0. The van der Waals surface area contributed by atoms with Crippen LogP contribution in [0, 0.1) is 11.8 Å². The molecule has 4 nitrogen and oxygen atoms in total. The Morgan fingerprint density at radius 3 is 3.00 bits per heavy atom. The van der Waals surface area contributed by atoms with E-state index in [4.69, 9.17) is 5.11 Å². The van der Waals surface area contributed by atoms with E-state index in [1.54, 1.807) is 0 Å². The van der Waals surface area contributed by atoms with Crippen LogP contribution in [0.4, 0.5) is 0 Å². The third-order valence-electron chi connectivity index (χ3n) is 2.73. The molecular formula is C10H13NO3. The molecule has 0 bridgehead atoms. The van der Waals surface area contributed by atoms with Gasteiger partial charge in [-0.3, -0.25) is 0 Å². The van der Waals surface area contributed by atoms with Crippen LogP contribution in [-0.2, 0) is 6.42 Å². The van der Waals surface area contributed by atoms with Crippen LogP contribution in [0.5, 0.6) is 0 Å². The molecule has 4 heteroatoms. The molecule has 1 atom stereocenters. The minimum absolute atomic E-state index is 0.0667. The van der Waals surface area contributed by atoms with E-state index in [1.165, 1.54) is 18.9 Å². The number of hydrogen-bond acceptors (Lipinski definition) is 3. The van der Waals surface area contributed by atoms with Crippen molar-refractivity contribution in [1.29, 1.82) is 0 Å². The first-order valence-electron chi connectivity index (χ1n) is 4.85. The number of hydrogen-bond donors (Lipinski definition) is 1. The van der Waals surface area contributed by atoms with Crippen LogP contribution in [0.1, 0.15) is 36.0 Å². The van der Waals surface area contributed by atoms with Gasteiger partial charge >= 0.3 is 5.97 Å². The molecule has 0 aliphatic heterocycles. The average molecular weight is 195 g/mol. The molecule has 1 aliphatic rings. The maximum Gasteiger partial charge on any atom is 0.374 e. The quantitative estimate of drug-likeness (QED) is 0.797. The van der Waals surface area contributed by atoms with Crippen molar-refractivity contribution in [2.45, 2.75) is 26.2 Å². The first-order chi connectivity index (χ1) is 6.66. The van der Waals surface area contributed by atoms with E-state index in [0.717, 1.165) is 18.0 Å². The molecule has 2 rings (SSSR count). The number of nitrogens with zero attached hydrogens (tertiary/aromatic N) is 1. The summed E-state index contributed by atoms with van der Waals surface area (Å²) in [5.41, 5.74) is 0.752. The Balaban J connectivity index is 1.98. The number of aromatic nitrogens is 1. The lowest BCUT2D eigenvalue weighted by atomic mass is 10.0. The lowest BCUT2D eigenvalue weighted by molar-refractivity contribution is 0.0652. The fourth-order valence-electron chi connectivity index (χ4n) is 1.67. The van der Waals surface area contributed by atoms with Gasteiger partial charge in [-0.25, -0.2) is 4.79 Å². The fourth-order valence-corrected chi connectivity index (χ4v) is 1.67. The first-order valence-corrected chi connectivity index (χ1v) is 4.85. The minimum atomic E-state index is -1.05. The molecule has 76 valence electrons. The fraction of sp³-hybridized carbons (Fsp3) is 0.600. The zero-order valence-electron chi connectivity index (χ0n) is 8.06. The number of aromatic carboxylic acids is 1. The van der Waals surface area contributed by atoms with Crippen molar-refractivity contribution >= 4 is 5.97 Å². The summed E-state index contributed by atoms with van der Waals surface area (Å²) in [6.07, 6.45) is 3.41. The molecule has 0 aromatic carbocycles.